The van der Waals surface area contributed by atoms with Crippen molar-refractivity contribution < 1.29 is 17.6 Å². The molecule has 0 N–H and O–H groups in total. The van der Waals surface area contributed by atoms with E-state index < -0.39 is 34.2 Å². The van der Waals surface area contributed by atoms with Gasteiger partial charge in [-0.2, -0.15) is 0 Å². The minimum Gasteiger partial charge on any atom is -0.204 e. The molecule has 0 saturated heterocycles. The molecule has 0 radical (unpaired) electrons. The van der Waals surface area contributed by atoms with Gasteiger partial charge in [-0.05, 0) is 13.0 Å². The number of alkyl halides is 1. The second-order valence-corrected chi connectivity index (χ2v) is 3.16. The van der Waals surface area contributed by atoms with Crippen molar-refractivity contribution in [3.05, 3.63) is 34.9 Å². The maximum atomic E-state index is 12.8. The SMILES string of the molecule is CC(Cl)c1cc(F)c(F)c(F)c1F. The van der Waals surface area contributed by atoms with Gasteiger partial charge in [0.1, 0.15) is 0 Å². The summed E-state index contributed by atoms with van der Waals surface area (Å²) >= 11 is 5.41. The Balaban J connectivity index is 3.41. The molecule has 1 unspecified atom stereocenters. The summed E-state index contributed by atoms with van der Waals surface area (Å²) in [5.74, 6) is -6.54. The lowest BCUT2D eigenvalue weighted by Gasteiger charge is -2.06. The van der Waals surface area contributed by atoms with Gasteiger partial charge in [0.25, 0.3) is 0 Å². The van der Waals surface area contributed by atoms with E-state index in [0.717, 1.165) is 0 Å². The van der Waals surface area contributed by atoms with Gasteiger partial charge in [-0.25, -0.2) is 17.6 Å². The topological polar surface area (TPSA) is 0 Å². The van der Waals surface area contributed by atoms with Gasteiger partial charge in [-0.15, -0.1) is 11.6 Å². The molecule has 0 spiro atoms. The summed E-state index contributed by atoms with van der Waals surface area (Å²) in [4.78, 5) is 0. The fourth-order valence-corrected chi connectivity index (χ4v) is 1.04. The minimum absolute atomic E-state index is 0.391. The van der Waals surface area contributed by atoms with Crippen LogP contribution in [0.1, 0.15) is 17.9 Å². The fraction of sp³-hybridized carbons (Fsp3) is 0.250. The van der Waals surface area contributed by atoms with Crippen LogP contribution < -0.4 is 0 Å². The highest BCUT2D eigenvalue weighted by Gasteiger charge is 2.20. The van der Waals surface area contributed by atoms with Gasteiger partial charge >= 0.3 is 0 Å². The first-order chi connectivity index (χ1) is 5.95. The highest BCUT2D eigenvalue weighted by Crippen LogP contribution is 2.26. The molecule has 0 aliphatic heterocycles. The zero-order valence-corrected chi connectivity index (χ0v) is 7.30. The van der Waals surface area contributed by atoms with Crippen molar-refractivity contribution >= 4 is 11.6 Å². The molecule has 1 rings (SSSR count). The molecule has 0 aliphatic carbocycles. The summed E-state index contributed by atoms with van der Waals surface area (Å²) in [5.41, 5.74) is -0.391. The third kappa shape index (κ3) is 1.77. The molecule has 1 aromatic carbocycles. The summed E-state index contributed by atoms with van der Waals surface area (Å²) < 4.78 is 50.3. The van der Waals surface area contributed by atoms with Gasteiger partial charge in [-0.1, -0.05) is 0 Å². The van der Waals surface area contributed by atoms with Crippen LogP contribution in [0.5, 0.6) is 0 Å². The average Bonchev–Trinajstić information content (AvgIpc) is 2.07. The van der Waals surface area contributed by atoms with E-state index in [4.69, 9.17) is 11.6 Å². The number of hydrogen-bond acceptors (Lipinski definition) is 0. The number of rotatable bonds is 1. The molecular weight excluding hydrogens is 208 g/mol. The summed E-state index contributed by atoms with van der Waals surface area (Å²) in [7, 11) is 0. The van der Waals surface area contributed by atoms with Crippen LogP contribution >= 0.6 is 11.6 Å². The Labute approximate surface area is 77.1 Å². The third-order valence-corrected chi connectivity index (χ3v) is 1.79. The average molecular weight is 213 g/mol. The first-order valence-corrected chi connectivity index (χ1v) is 3.85. The van der Waals surface area contributed by atoms with Crippen LogP contribution in [0.25, 0.3) is 0 Å². The van der Waals surface area contributed by atoms with Crippen molar-refractivity contribution in [1.82, 2.24) is 0 Å². The van der Waals surface area contributed by atoms with E-state index >= 15 is 0 Å². The van der Waals surface area contributed by atoms with Crippen molar-refractivity contribution in [3.8, 4) is 0 Å². The Morgan fingerprint density at radius 2 is 1.62 bits per heavy atom. The van der Waals surface area contributed by atoms with Crippen LogP contribution in [0, 0.1) is 23.3 Å². The summed E-state index contributed by atoms with van der Waals surface area (Å²) in [6, 6.07) is 0.547. The van der Waals surface area contributed by atoms with E-state index in [1.54, 1.807) is 0 Å². The fourth-order valence-electron chi connectivity index (χ4n) is 0.881. The van der Waals surface area contributed by atoms with E-state index in [2.05, 4.69) is 0 Å². The maximum absolute atomic E-state index is 12.8. The molecule has 0 heterocycles. The Bertz CT molecular complexity index is 335. The van der Waals surface area contributed by atoms with Gasteiger partial charge in [0.2, 0.25) is 0 Å². The standard InChI is InChI=1S/C8H5ClF4/c1-3(9)4-2-5(10)7(12)8(13)6(4)11/h2-3H,1H3. The maximum Gasteiger partial charge on any atom is 0.197 e. The van der Waals surface area contributed by atoms with Crippen molar-refractivity contribution in [1.29, 1.82) is 0 Å². The molecule has 1 aromatic rings. The van der Waals surface area contributed by atoms with E-state index in [-0.39, 0.29) is 0 Å². The Morgan fingerprint density at radius 3 is 2.08 bits per heavy atom. The largest absolute Gasteiger partial charge is 0.204 e. The molecule has 0 fully saturated rings. The Kier molecular flexibility index (Phi) is 2.81. The summed E-state index contributed by atoms with van der Waals surface area (Å²) in [5, 5.41) is -0.912. The number of halogens is 5. The van der Waals surface area contributed by atoms with Crippen LogP contribution in [0.2, 0.25) is 0 Å². The van der Waals surface area contributed by atoms with Crippen LogP contribution in [-0.4, -0.2) is 0 Å². The first-order valence-electron chi connectivity index (χ1n) is 3.42. The van der Waals surface area contributed by atoms with Gasteiger partial charge in [-0.3, -0.25) is 0 Å². The quantitative estimate of drug-likeness (QED) is 0.289. The highest BCUT2D eigenvalue weighted by atomic mass is 35.5. The van der Waals surface area contributed by atoms with E-state index in [1.165, 1.54) is 6.92 Å². The van der Waals surface area contributed by atoms with Gasteiger partial charge in [0.05, 0.1) is 5.38 Å². The van der Waals surface area contributed by atoms with Gasteiger partial charge in [0, 0.05) is 5.56 Å². The van der Waals surface area contributed by atoms with Crippen molar-refractivity contribution in [2.24, 2.45) is 0 Å². The predicted octanol–water partition coefficient (Wildman–Crippen LogP) is 3.54. The van der Waals surface area contributed by atoms with Crippen molar-refractivity contribution in [2.45, 2.75) is 12.3 Å². The smallest absolute Gasteiger partial charge is 0.197 e. The van der Waals surface area contributed by atoms with Crippen LogP contribution in [0.4, 0.5) is 17.6 Å². The Hall–Kier alpha value is -0.770. The zero-order chi connectivity index (χ0) is 10.2. The van der Waals surface area contributed by atoms with Crippen LogP contribution in [-0.2, 0) is 0 Å². The zero-order valence-electron chi connectivity index (χ0n) is 6.54. The molecule has 13 heavy (non-hydrogen) atoms. The second kappa shape index (κ2) is 3.54. The van der Waals surface area contributed by atoms with Crippen molar-refractivity contribution in [2.75, 3.05) is 0 Å². The lowest BCUT2D eigenvalue weighted by atomic mass is 10.1. The molecule has 0 aromatic heterocycles. The summed E-state index contributed by atoms with van der Waals surface area (Å²) in [6.45, 7) is 1.33. The molecule has 0 saturated carbocycles. The van der Waals surface area contributed by atoms with Crippen LogP contribution in [0.15, 0.2) is 6.07 Å². The lowest BCUT2D eigenvalue weighted by Crippen LogP contribution is -2.01. The normalized spacial score (nSPS) is 13.1. The molecule has 1 atom stereocenters. The lowest BCUT2D eigenvalue weighted by molar-refractivity contribution is 0.404. The predicted molar refractivity (Wildman–Crippen MR) is 40.5 cm³/mol. The van der Waals surface area contributed by atoms with Gasteiger partial charge in [0.15, 0.2) is 23.3 Å². The van der Waals surface area contributed by atoms with Crippen molar-refractivity contribution in [3.63, 3.8) is 0 Å². The third-order valence-electron chi connectivity index (χ3n) is 1.56. The molecule has 5 heteroatoms. The highest BCUT2D eigenvalue weighted by molar-refractivity contribution is 6.20. The van der Waals surface area contributed by atoms with E-state index in [0.29, 0.717) is 6.07 Å². The molecular formula is C8H5ClF4. The molecule has 0 nitrogen and oxygen atoms in total. The number of hydrogen-bond donors (Lipinski definition) is 0. The summed E-state index contributed by atoms with van der Waals surface area (Å²) in [6.07, 6.45) is 0. The molecule has 0 bridgehead atoms. The van der Waals surface area contributed by atoms with E-state index in [1.807, 2.05) is 0 Å². The second-order valence-electron chi connectivity index (χ2n) is 2.51. The molecule has 0 aliphatic rings. The van der Waals surface area contributed by atoms with Gasteiger partial charge < -0.3 is 0 Å². The monoisotopic (exact) mass is 212 g/mol. The number of benzene rings is 1. The molecule has 72 valence electrons. The minimum atomic E-state index is -1.83. The first kappa shape index (κ1) is 10.3. The Morgan fingerprint density at radius 1 is 1.08 bits per heavy atom. The van der Waals surface area contributed by atoms with E-state index in [9.17, 15) is 17.6 Å². The van der Waals surface area contributed by atoms with Crippen LogP contribution in [0.3, 0.4) is 0 Å². The molecule has 0 amide bonds.